The molecule has 0 unspecified atom stereocenters. The van der Waals surface area contributed by atoms with Crippen molar-refractivity contribution >= 4 is 17.8 Å². The second kappa shape index (κ2) is 5.38. The standard InChI is InChI=1S/C13H17NS/c1-15-13-8-4-11(5-9-13)3-2-10-14-12-6-7-12/h2-5,8-9,12,14H,6-7,10H2,1H3. The van der Waals surface area contributed by atoms with Gasteiger partial charge < -0.3 is 5.32 Å². The van der Waals surface area contributed by atoms with Gasteiger partial charge in [-0.2, -0.15) is 0 Å². The Hall–Kier alpha value is -0.730. The number of hydrogen-bond acceptors (Lipinski definition) is 2. The molecule has 1 saturated carbocycles. The van der Waals surface area contributed by atoms with Gasteiger partial charge in [-0.15, -0.1) is 11.8 Å². The number of hydrogen-bond donors (Lipinski definition) is 1. The Morgan fingerprint density at radius 3 is 2.67 bits per heavy atom. The highest BCUT2D eigenvalue weighted by Crippen LogP contribution is 2.18. The Labute approximate surface area is 96.0 Å². The molecule has 15 heavy (non-hydrogen) atoms. The van der Waals surface area contributed by atoms with Crippen molar-refractivity contribution in [3.8, 4) is 0 Å². The van der Waals surface area contributed by atoms with Gasteiger partial charge in [-0.05, 0) is 36.8 Å². The summed E-state index contributed by atoms with van der Waals surface area (Å²) >= 11 is 1.78. The molecule has 1 aliphatic rings. The van der Waals surface area contributed by atoms with E-state index in [0.717, 1.165) is 12.6 Å². The maximum Gasteiger partial charge on any atom is 0.0140 e. The van der Waals surface area contributed by atoms with Crippen molar-refractivity contribution in [1.29, 1.82) is 0 Å². The van der Waals surface area contributed by atoms with E-state index in [0.29, 0.717) is 0 Å². The normalized spacial score (nSPS) is 16.1. The van der Waals surface area contributed by atoms with Gasteiger partial charge in [0.25, 0.3) is 0 Å². The van der Waals surface area contributed by atoms with Crippen LogP contribution in [0.15, 0.2) is 35.2 Å². The molecular formula is C13H17NS. The summed E-state index contributed by atoms with van der Waals surface area (Å²) in [7, 11) is 0. The summed E-state index contributed by atoms with van der Waals surface area (Å²) < 4.78 is 0. The van der Waals surface area contributed by atoms with Gasteiger partial charge in [0.1, 0.15) is 0 Å². The minimum atomic E-state index is 0.800. The topological polar surface area (TPSA) is 12.0 Å². The van der Waals surface area contributed by atoms with Crippen molar-refractivity contribution in [2.75, 3.05) is 12.8 Å². The summed E-state index contributed by atoms with van der Waals surface area (Å²) in [5.41, 5.74) is 1.28. The molecule has 1 fully saturated rings. The lowest BCUT2D eigenvalue weighted by molar-refractivity contribution is 0.754. The third-order valence-electron chi connectivity index (χ3n) is 2.53. The van der Waals surface area contributed by atoms with Gasteiger partial charge in [0.05, 0.1) is 0 Å². The molecule has 0 radical (unpaired) electrons. The van der Waals surface area contributed by atoms with Crippen LogP contribution in [-0.4, -0.2) is 18.8 Å². The molecule has 1 N–H and O–H groups in total. The third kappa shape index (κ3) is 3.73. The Bertz CT molecular complexity index is 325. The number of nitrogens with one attached hydrogen (secondary N) is 1. The maximum atomic E-state index is 3.46. The molecule has 0 heterocycles. The average Bonchev–Trinajstić information content (AvgIpc) is 3.09. The fraction of sp³-hybridized carbons (Fsp3) is 0.385. The molecule has 0 atom stereocenters. The van der Waals surface area contributed by atoms with Gasteiger partial charge in [-0.3, -0.25) is 0 Å². The van der Waals surface area contributed by atoms with E-state index >= 15 is 0 Å². The van der Waals surface area contributed by atoms with E-state index in [2.05, 4.69) is 48.0 Å². The van der Waals surface area contributed by atoms with Crippen molar-refractivity contribution in [2.24, 2.45) is 0 Å². The minimum Gasteiger partial charge on any atom is -0.311 e. The third-order valence-corrected chi connectivity index (χ3v) is 3.27. The smallest absolute Gasteiger partial charge is 0.0140 e. The first-order valence-electron chi connectivity index (χ1n) is 5.42. The molecule has 1 nitrogen and oxygen atoms in total. The Kier molecular flexibility index (Phi) is 3.87. The predicted molar refractivity (Wildman–Crippen MR) is 68.3 cm³/mol. The molecule has 0 bridgehead atoms. The molecule has 0 amide bonds. The van der Waals surface area contributed by atoms with E-state index in [1.54, 1.807) is 11.8 Å². The van der Waals surface area contributed by atoms with Crippen molar-refractivity contribution in [3.63, 3.8) is 0 Å². The van der Waals surface area contributed by atoms with E-state index in [-0.39, 0.29) is 0 Å². The van der Waals surface area contributed by atoms with E-state index in [1.165, 1.54) is 23.3 Å². The molecule has 0 aliphatic heterocycles. The molecular weight excluding hydrogens is 202 g/mol. The van der Waals surface area contributed by atoms with Gasteiger partial charge >= 0.3 is 0 Å². The summed E-state index contributed by atoms with van der Waals surface area (Å²) in [5.74, 6) is 0. The Morgan fingerprint density at radius 1 is 1.33 bits per heavy atom. The zero-order chi connectivity index (χ0) is 10.5. The van der Waals surface area contributed by atoms with Gasteiger partial charge in [-0.1, -0.05) is 24.3 Å². The summed E-state index contributed by atoms with van der Waals surface area (Å²) in [5, 5.41) is 3.46. The van der Waals surface area contributed by atoms with E-state index < -0.39 is 0 Å². The van der Waals surface area contributed by atoms with Crippen LogP contribution >= 0.6 is 11.8 Å². The lowest BCUT2D eigenvalue weighted by Crippen LogP contribution is -2.15. The lowest BCUT2D eigenvalue weighted by Gasteiger charge is -1.98. The maximum absolute atomic E-state index is 3.46. The molecule has 2 rings (SSSR count). The van der Waals surface area contributed by atoms with Crippen molar-refractivity contribution in [1.82, 2.24) is 5.32 Å². The fourth-order valence-electron chi connectivity index (χ4n) is 1.43. The summed E-state index contributed by atoms with van der Waals surface area (Å²) in [6.45, 7) is 0.995. The van der Waals surface area contributed by atoms with Crippen LogP contribution in [0.3, 0.4) is 0 Å². The Balaban J connectivity index is 1.80. The first kappa shape index (κ1) is 10.8. The van der Waals surface area contributed by atoms with Gasteiger partial charge in [-0.25, -0.2) is 0 Å². The van der Waals surface area contributed by atoms with Gasteiger partial charge in [0.15, 0.2) is 0 Å². The first-order chi connectivity index (χ1) is 7.38. The summed E-state index contributed by atoms with van der Waals surface area (Å²) in [6.07, 6.45) is 9.20. The van der Waals surface area contributed by atoms with Crippen LogP contribution in [0.4, 0.5) is 0 Å². The quantitative estimate of drug-likeness (QED) is 0.763. The second-order valence-electron chi connectivity index (χ2n) is 3.86. The molecule has 1 aromatic rings. The molecule has 1 aliphatic carbocycles. The van der Waals surface area contributed by atoms with Crippen LogP contribution in [0, 0.1) is 0 Å². The van der Waals surface area contributed by atoms with Crippen molar-refractivity contribution < 1.29 is 0 Å². The number of thioether (sulfide) groups is 1. The highest BCUT2D eigenvalue weighted by atomic mass is 32.2. The average molecular weight is 219 g/mol. The van der Waals surface area contributed by atoms with Crippen LogP contribution in [0.5, 0.6) is 0 Å². The second-order valence-corrected chi connectivity index (χ2v) is 4.74. The van der Waals surface area contributed by atoms with Gasteiger partial charge in [0.2, 0.25) is 0 Å². The van der Waals surface area contributed by atoms with Crippen LogP contribution in [0.25, 0.3) is 6.08 Å². The van der Waals surface area contributed by atoms with Crippen LogP contribution in [-0.2, 0) is 0 Å². The van der Waals surface area contributed by atoms with Crippen molar-refractivity contribution in [2.45, 2.75) is 23.8 Å². The molecule has 80 valence electrons. The Morgan fingerprint density at radius 2 is 2.07 bits per heavy atom. The first-order valence-corrected chi connectivity index (χ1v) is 6.65. The fourth-order valence-corrected chi connectivity index (χ4v) is 1.84. The molecule has 2 heteroatoms. The highest BCUT2D eigenvalue weighted by Gasteiger charge is 2.18. The minimum absolute atomic E-state index is 0.800. The molecule has 0 spiro atoms. The zero-order valence-electron chi connectivity index (χ0n) is 9.07. The predicted octanol–water partition coefficient (Wildman–Crippen LogP) is 3.17. The monoisotopic (exact) mass is 219 g/mol. The zero-order valence-corrected chi connectivity index (χ0v) is 9.89. The molecule has 0 saturated heterocycles. The van der Waals surface area contributed by atoms with Crippen LogP contribution in [0.2, 0.25) is 0 Å². The molecule has 1 aromatic carbocycles. The lowest BCUT2D eigenvalue weighted by atomic mass is 10.2. The van der Waals surface area contributed by atoms with E-state index in [1.807, 2.05) is 0 Å². The summed E-state index contributed by atoms with van der Waals surface area (Å²) in [6, 6.07) is 9.46. The van der Waals surface area contributed by atoms with E-state index in [4.69, 9.17) is 0 Å². The molecule has 0 aromatic heterocycles. The van der Waals surface area contributed by atoms with Crippen molar-refractivity contribution in [3.05, 3.63) is 35.9 Å². The highest BCUT2D eigenvalue weighted by molar-refractivity contribution is 7.98. The summed E-state index contributed by atoms with van der Waals surface area (Å²) in [4.78, 5) is 1.32. The van der Waals surface area contributed by atoms with Crippen LogP contribution in [0.1, 0.15) is 18.4 Å². The van der Waals surface area contributed by atoms with E-state index in [9.17, 15) is 0 Å². The number of benzene rings is 1. The number of rotatable bonds is 5. The SMILES string of the molecule is CSc1ccc(C=CCNC2CC2)cc1. The largest absolute Gasteiger partial charge is 0.311 e. The van der Waals surface area contributed by atoms with Crippen LogP contribution < -0.4 is 5.32 Å². The van der Waals surface area contributed by atoms with Gasteiger partial charge in [0, 0.05) is 17.5 Å².